The molecule has 0 aliphatic rings. The number of aromatic nitrogens is 3. The second kappa shape index (κ2) is 10.8. The van der Waals surface area contributed by atoms with E-state index in [-0.39, 0.29) is 36.0 Å². The number of hydrogen-bond donors (Lipinski definition) is 2. The number of rotatable bonds is 7. The zero-order chi connectivity index (χ0) is 23.4. The number of pyridine rings is 1. The molecule has 168 valence electrons. The van der Waals surface area contributed by atoms with Crippen LogP contribution < -0.4 is 10.2 Å². The molecule has 32 heavy (non-hydrogen) atoms. The van der Waals surface area contributed by atoms with Crippen LogP contribution >= 0.6 is 59.4 Å². The lowest BCUT2D eigenvalue weighted by Crippen LogP contribution is -2.33. The van der Waals surface area contributed by atoms with Crippen molar-refractivity contribution in [1.29, 1.82) is 0 Å². The molecule has 0 aliphatic heterocycles. The topological polar surface area (TPSA) is 110 Å². The average Bonchev–Trinajstić information content (AvgIpc) is 3.12. The number of halogens is 4. The Hall–Kier alpha value is -1.99. The molecule has 0 bridgehead atoms. The van der Waals surface area contributed by atoms with Gasteiger partial charge in [-0.25, -0.2) is 14.5 Å². The molecule has 2 heterocycles. The third-order valence-electron chi connectivity index (χ3n) is 4.17. The lowest BCUT2D eigenvalue weighted by atomic mass is 10.2. The smallest absolute Gasteiger partial charge is 0.411 e. The number of nitrogens with one attached hydrogen (secondary N) is 1. The molecule has 2 amide bonds. The van der Waals surface area contributed by atoms with Crippen molar-refractivity contribution in [3.05, 3.63) is 60.8 Å². The first-order valence-electron chi connectivity index (χ1n) is 8.89. The second-order valence-electron chi connectivity index (χ2n) is 6.24. The van der Waals surface area contributed by atoms with Crippen LogP contribution in [-0.2, 0) is 4.74 Å². The summed E-state index contributed by atoms with van der Waals surface area (Å²) in [5, 5.41) is 17.1. The van der Waals surface area contributed by atoms with Crippen LogP contribution in [0.3, 0.4) is 0 Å². The molecular formula is C19H15Br3ClN5O4. The van der Waals surface area contributed by atoms with Crippen molar-refractivity contribution < 1.29 is 19.4 Å². The molecule has 1 aromatic carbocycles. The minimum absolute atomic E-state index is 0.0601. The number of carbonyl (C=O) groups is 2. The highest BCUT2D eigenvalue weighted by Gasteiger charge is 2.24. The molecule has 0 spiro atoms. The van der Waals surface area contributed by atoms with Crippen molar-refractivity contribution in [1.82, 2.24) is 14.8 Å². The van der Waals surface area contributed by atoms with Crippen molar-refractivity contribution in [2.24, 2.45) is 0 Å². The SMILES string of the molecule is COCCN(C(=O)O)c1cc(Br)cc(Br)c1NC(=O)c1cc(Br)nn1-c1ncccc1Cl. The molecular weight excluding hydrogens is 637 g/mol. The van der Waals surface area contributed by atoms with Crippen molar-refractivity contribution >= 4 is 82.8 Å². The standard InChI is InChI=1S/C19H15Br3ClN5O4/c1-32-6-5-27(19(30)31)13-8-10(20)7-11(21)16(13)25-18(29)14-9-15(22)26-28(14)17-12(23)3-2-4-24-17/h2-4,7-9H,5-6H2,1H3,(H,25,29)(H,30,31). The van der Waals surface area contributed by atoms with Crippen molar-refractivity contribution in [2.75, 3.05) is 30.5 Å². The molecule has 3 aromatic rings. The number of amides is 2. The van der Waals surface area contributed by atoms with E-state index in [4.69, 9.17) is 16.3 Å². The van der Waals surface area contributed by atoms with Crippen LogP contribution in [0.15, 0.2) is 50.1 Å². The Bertz CT molecular complexity index is 1170. The maximum atomic E-state index is 13.2. The van der Waals surface area contributed by atoms with E-state index in [1.807, 2.05) is 0 Å². The average molecular weight is 653 g/mol. The fourth-order valence-electron chi connectivity index (χ4n) is 2.78. The van der Waals surface area contributed by atoms with Crippen LogP contribution in [0, 0.1) is 0 Å². The Balaban J connectivity index is 2.04. The normalized spacial score (nSPS) is 10.8. The summed E-state index contributed by atoms with van der Waals surface area (Å²) in [5.41, 5.74) is 0.648. The van der Waals surface area contributed by atoms with Gasteiger partial charge in [0.2, 0.25) is 0 Å². The van der Waals surface area contributed by atoms with Gasteiger partial charge in [0.1, 0.15) is 10.3 Å². The zero-order valence-electron chi connectivity index (χ0n) is 16.4. The van der Waals surface area contributed by atoms with Gasteiger partial charge in [-0.1, -0.05) is 27.5 Å². The summed E-state index contributed by atoms with van der Waals surface area (Å²) in [6.45, 7) is 0.229. The molecule has 2 N–H and O–H groups in total. The number of methoxy groups -OCH3 is 1. The summed E-state index contributed by atoms with van der Waals surface area (Å²) >= 11 is 16.3. The Morgan fingerprint density at radius 1 is 1.28 bits per heavy atom. The van der Waals surface area contributed by atoms with Crippen LogP contribution in [0.2, 0.25) is 5.02 Å². The highest BCUT2D eigenvalue weighted by molar-refractivity contribution is 9.11. The van der Waals surface area contributed by atoms with Gasteiger partial charge >= 0.3 is 6.09 Å². The second-order valence-corrected chi connectivity index (χ2v) is 9.23. The number of hydrogen-bond acceptors (Lipinski definition) is 5. The first-order valence-corrected chi connectivity index (χ1v) is 11.6. The lowest BCUT2D eigenvalue weighted by Gasteiger charge is -2.23. The number of benzene rings is 1. The summed E-state index contributed by atoms with van der Waals surface area (Å²) in [7, 11) is 1.47. The van der Waals surface area contributed by atoms with Gasteiger partial charge in [-0.2, -0.15) is 5.10 Å². The molecule has 3 rings (SSSR count). The van der Waals surface area contributed by atoms with Gasteiger partial charge in [-0.15, -0.1) is 0 Å². The molecule has 0 atom stereocenters. The van der Waals surface area contributed by atoms with Gasteiger partial charge in [0.05, 0.1) is 29.5 Å². The highest BCUT2D eigenvalue weighted by Crippen LogP contribution is 2.37. The third kappa shape index (κ3) is 5.49. The number of nitrogens with zero attached hydrogens (tertiary/aromatic N) is 4. The van der Waals surface area contributed by atoms with Crippen LogP contribution in [-0.4, -0.2) is 52.1 Å². The van der Waals surface area contributed by atoms with Gasteiger partial charge < -0.3 is 15.2 Å². The summed E-state index contributed by atoms with van der Waals surface area (Å²) in [5.74, 6) is -0.279. The van der Waals surface area contributed by atoms with E-state index >= 15 is 0 Å². The third-order valence-corrected chi connectivity index (χ3v) is 5.93. The van der Waals surface area contributed by atoms with E-state index < -0.39 is 12.0 Å². The first kappa shape index (κ1) is 24.6. The van der Waals surface area contributed by atoms with Crippen molar-refractivity contribution in [2.45, 2.75) is 0 Å². The van der Waals surface area contributed by atoms with E-state index in [0.717, 1.165) is 4.90 Å². The Labute approximate surface area is 213 Å². The largest absolute Gasteiger partial charge is 0.465 e. The number of carbonyl (C=O) groups excluding carboxylic acids is 1. The molecule has 0 unspecified atom stereocenters. The minimum atomic E-state index is -1.20. The van der Waals surface area contributed by atoms with E-state index in [1.165, 1.54) is 24.1 Å². The van der Waals surface area contributed by atoms with Gasteiger partial charge in [0, 0.05) is 28.3 Å². The summed E-state index contributed by atoms with van der Waals surface area (Å²) < 4.78 is 7.81. The van der Waals surface area contributed by atoms with Crippen LogP contribution in [0.4, 0.5) is 16.2 Å². The van der Waals surface area contributed by atoms with Crippen LogP contribution in [0.25, 0.3) is 5.82 Å². The fourth-order valence-corrected chi connectivity index (χ4v) is 4.66. The van der Waals surface area contributed by atoms with Gasteiger partial charge in [-0.3, -0.25) is 9.69 Å². The van der Waals surface area contributed by atoms with Crippen LogP contribution in [0.5, 0.6) is 0 Å². The van der Waals surface area contributed by atoms with E-state index in [2.05, 4.69) is 63.2 Å². The molecule has 0 saturated carbocycles. The summed E-state index contributed by atoms with van der Waals surface area (Å²) in [4.78, 5) is 30.4. The van der Waals surface area contributed by atoms with Gasteiger partial charge in [0.15, 0.2) is 5.82 Å². The first-order chi connectivity index (χ1) is 15.2. The maximum absolute atomic E-state index is 13.2. The number of carboxylic acid groups (broad SMARTS) is 1. The number of ether oxygens (including phenoxy) is 1. The molecule has 0 aliphatic carbocycles. The molecule has 9 nitrogen and oxygen atoms in total. The van der Waals surface area contributed by atoms with E-state index in [0.29, 0.717) is 18.6 Å². The predicted molar refractivity (Wildman–Crippen MR) is 131 cm³/mol. The lowest BCUT2D eigenvalue weighted by molar-refractivity contribution is 0.101. The van der Waals surface area contributed by atoms with Gasteiger partial charge in [0.25, 0.3) is 5.91 Å². The zero-order valence-corrected chi connectivity index (χ0v) is 21.9. The monoisotopic (exact) mass is 649 g/mol. The Kier molecular flexibility index (Phi) is 8.28. The summed E-state index contributed by atoms with van der Waals surface area (Å²) in [6.07, 6.45) is 0.332. The molecule has 0 saturated heterocycles. The Morgan fingerprint density at radius 2 is 2.03 bits per heavy atom. The minimum Gasteiger partial charge on any atom is -0.465 e. The quantitative estimate of drug-likeness (QED) is 0.345. The van der Waals surface area contributed by atoms with Crippen LogP contribution in [0.1, 0.15) is 10.5 Å². The van der Waals surface area contributed by atoms with Crippen molar-refractivity contribution in [3.8, 4) is 5.82 Å². The Morgan fingerprint density at radius 3 is 2.69 bits per heavy atom. The molecule has 0 fully saturated rings. The predicted octanol–water partition coefficient (Wildman–Crippen LogP) is 5.59. The highest BCUT2D eigenvalue weighted by atomic mass is 79.9. The van der Waals surface area contributed by atoms with E-state index in [1.54, 1.807) is 24.3 Å². The fraction of sp³-hybridized carbons (Fsp3) is 0.158. The van der Waals surface area contributed by atoms with E-state index in [9.17, 15) is 14.7 Å². The van der Waals surface area contributed by atoms with Crippen molar-refractivity contribution in [3.63, 3.8) is 0 Å². The molecule has 0 radical (unpaired) electrons. The summed E-state index contributed by atoms with van der Waals surface area (Å²) in [6, 6.07) is 8.08. The molecule has 13 heteroatoms. The maximum Gasteiger partial charge on any atom is 0.411 e. The van der Waals surface area contributed by atoms with Gasteiger partial charge in [-0.05, 0) is 56.1 Å². The number of anilines is 2. The molecule has 2 aromatic heterocycles.